The van der Waals surface area contributed by atoms with Crippen molar-refractivity contribution in [3.8, 4) is 5.75 Å². The molecule has 41 heavy (non-hydrogen) atoms. The predicted molar refractivity (Wildman–Crippen MR) is 160 cm³/mol. The lowest BCUT2D eigenvalue weighted by atomic mass is 10.1. The van der Waals surface area contributed by atoms with E-state index in [0.717, 1.165) is 51.6 Å². The lowest BCUT2D eigenvalue weighted by Gasteiger charge is -2.36. The highest BCUT2D eigenvalue weighted by molar-refractivity contribution is 7.89. The van der Waals surface area contributed by atoms with Crippen LogP contribution in [0.2, 0.25) is 0 Å². The van der Waals surface area contributed by atoms with E-state index in [-0.39, 0.29) is 34.9 Å². The number of carbonyl (C=O) groups is 1. The number of fused-ring (bicyclic) bond motifs is 1. The van der Waals surface area contributed by atoms with Crippen LogP contribution in [0.15, 0.2) is 60.5 Å². The topological polar surface area (TPSA) is 88.6 Å². The van der Waals surface area contributed by atoms with Gasteiger partial charge in [0.15, 0.2) is 12.1 Å². The molecule has 228 valence electrons. The zero-order chi connectivity index (χ0) is 30.4. The van der Waals surface area contributed by atoms with Crippen LogP contribution >= 0.6 is 0 Å². The SMILES string of the molecule is C=C.CCOC(C)OCC.COc1ccc2c(c1)C(=O)CN(CCCN1CCN(c3ccc(F)cc3)CC1)S2(=O)=O. The molecule has 11 heteroatoms. The molecule has 0 amide bonds. The van der Waals surface area contributed by atoms with Gasteiger partial charge >= 0.3 is 0 Å². The summed E-state index contributed by atoms with van der Waals surface area (Å²) in [7, 11) is -2.21. The van der Waals surface area contributed by atoms with Crippen molar-refractivity contribution in [3.05, 3.63) is 67.0 Å². The quantitative estimate of drug-likeness (QED) is 0.295. The Morgan fingerprint density at radius 2 is 1.56 bits per heavy atom. The van der Waals surface area contributed by atoms with Crippen LogP contribution in [-0.4, -0.2) is 95.8 Å². The fourth-order valence-corrected chi connectivity index (χ4v) is 6.24. The number of methoxy groups -OCH3 is 1. The molecule has 2 aromatic rings. The van der Waals surface area contributed by atoms with Crippen molar-refractivity contribution in [1.82, 2.24) is 9.21 Å². The highest BCUT2D eigenvalue weighted by Crippen LogP contribution is 2.29. The maximum atomic E-state index is 13.1. The second kappa shape index (κ2) is 17.2. The molecule has 2 aliphatic heterocycles. The minimum Gasteiger partial charge on any atom is -0.497 e. The number of anilines is 1. The summed E-state index contributed by atoms with van der Waals surface area (Å²) in [5, 5.41) is 0. The third kappa shape index (κ3) is 9.89. The zero-order valence-electron chi connectivity index (χ0n) is 24.7. The normalized spacial score (nSPS) is 16.7. The molecule has 4 rings (SSSR count). The summed E-state index contributed by atoms with van der Waals surface area (Å²) in [6.45, 7) is 17.5. The molecule has 0 saturated carbocycles. The summed E-state index contributed by atoms with van der Waals surface area (Å²) in [6.07, 6.45) is 0.610. The Balaban J connectivity index is 0.000000509. The molecule has 1 saturated heterocycles. The molecule has 0 spiro atoms. The molecule has 2 heterocycles. The molecule has 0 bridgehead atoms. The van der Waals surface area contributed by atoms with E-state index in [2.05, 4.69) is 23.0 Å². The molecular weight excluding hydrogens is 549 g/mol. The third-order valence-electron chi connectivity index (χ3n) is 6.67. The van der Waals surface area contributed by atoms with E-state index in [0.29, 0.717) is 18.7 Å². The van der Waals surface area contributed by atoms with E-state index in [1.165, 1.54) is 35.7 Å². The maximum absolute atomic E-state index is 13.1. The predicted octanol–water partition coefficient (Wildman–Crippen LogP) is 4.44. The van der Waals surface area contributed by atoms with E-state index >= 15 is 0 Å². The molecule has 1 fully saturated rings. The standard InChI is InChI=1S/C22H26FN3O4S.C6H14O2.C2H4/c1-30-19-7-8-22-20(15-19)21(27)16-26(31(22,28)29)10-2-9-24-11-13-25(14-12-24)18-5-3-17(23)4-6-18;1-4-7-6(3)8-5-2;1-2/h3-8,15H,2,9-14,16H2,1H3;6H,4-5H2,1-3H3;1-2H2. The van der Waals surface area contributed by atoms with Gasteiger partial charge in [-0.25, -0.2) is 12.8 Å². The Bertz CT molecular complexity index is 1180. The van der Waals surface area contributed by atoms with Gasteiger partial charge in [0.05, 0.1) is 18.6 Å². The maximum Gasteiger partial charge on any atom is 0.244 e. The van der Waals surface area contributed by atoms with Crippen molar-refractivity contribution in [2.75, 3.05) is 71.0 Å². The lowest BCUT2D eigenvalue weighted by molar-refractivity contribution is -0.123. The Kier molecular flexibility index (Phi) is 14.4. The zero-order valence-corrected chi connectivity index (χ0v) is 25.5. The minimum absolute atomic E-state index is 0.0370. The van der Waals surface area contributed by atoms with Crippen LogP contribution in [0.25, 0.3) is 0 Å². The highest BCUT2D eigenvalue weighted by atomic mass is 32.2. The number of ether oxygens (including phenoxy) is 3. The highest BCUT2D eigenvalue weighted by Gasteiger charge is 2.36. The van der Waals surface area contributed by atoms with Gasteiger partial charge < -0.3 is 19.1 Å². The Morgan fingerprint density at radius 3 is 2.12 bits per heavy atom. The van der Waals surface area contributed by atoms with Crippen molar-refractivity contribution in [2.45, 2.75) is 38.4 Å². The molecule has 9 nitrogen and oxygen atoms in total. The molecule has 0 N–H and O–H groups in total. The van der Waals surface area contributed by atoms with Gasteiger partial charge in [0.1, 0.15) is 11.6 Å². The molecule has 2 aromatic carbocycles. The van der Waals surface area contributed by atoms with Gasteiger partial charge in [0.25, 0.3) is 0 Å². The molecule has 0 unspecified atom stereocenters. The van der Waals surface area contributed by atoms with Crippen LogP contribution < -0.4 is 9.64 Å². The molecule has 0 atom stereocenters. The van der Waals surface area contributed by atoms with Crippen molar-refractivity contribution < 1.29 is 31.8 Å². The Labute approximate surface area is 244 Å². The fraction of sp³-hybridized carbons (Fsp3) is 0.500. The number of benzene rings is 2. The van der Waals surface area contributed by atoms with Crippen molar-refractivity contribution >= 4 is 21.5 Å². The van der Waals surface area contributed by atoms with Gasteiger partial charge in [-0.3, -0.25) is 9.69 Å². The smallest absolute Gasteiger partial charge is 0.244 e. The Hall–Kier alpha value is -2.83. The summed E-state index contributed by atoms with van der Waals surface area (Å²) in [4.78, 5) is 17.1. The number of sulfonamides is 1. The first kappa shape index (κ1) is 34.4. The summed E-state index contributed by atoms with van der Waals surface area (Å²) in [5.74, 6) is 0.0162. The van der Waals surface area contributed by atoms with Gasteiger partial charge in [-0.2, -0.15) is 4.31 Å². The van der Waals surface area contributed by atoms with Crippen molar-refractivity contribution in [3.63, 3.8) is 0 Å². The minimum atomic E-state index is -3.69. The summed E-state index contributed by atoms with van der Waals surface area (Å²) in [5.41, 5.74) is 1.21. The van der Waals surface area contributed by atoms with E-state index in [9.17, 15) is 17.6 Å². The number of ketones is 1. The van der Waals surface area contributed by atoms with Crippen LogP contribution in [0.3, 0.4) is 0 Å². The molecule has 2 aliphatic rings. The molecule has 0 radical (unpaired) electrons. The fourth-order valence-electron chi connectivity index (χ4n) is 4.62. The van der Waals surface area contributed by atoms with Gasteiger partial charge in [0.2, 0.25) is 10.0 Å². The Morgan fingerprint density at radius 1 is 0.951 bits per heavy atom. The van der Waals surface area contributed by atoms with Gasteiger partial charge in [-0.1, -0.05) is 0 Å². The van der Waals surface area contributed by atoms with Crippen LogP contribution in [0.4, 0.5) is 10.1 Å². The summed E-state index contributed by atoms with van der Waals surface area (Å²) < 4.78 is 55.5. The second-order valence-electron chi connectivity index (χ2n) is 9.26. The largest absolute Gasteiger partial charge is 0.497 e. The van der Waals surface area contributed by atoms with E-state index in [1.807, 2.05) is 20.8 Å². The van der Waals surface area contributed by atoms with E-state index in [1.54, 1.807) is 18.2 Å². The molecule has 0 aromatic heterocycles. The number of hydrogen-bond donors (Lipinski definition) is 0. The van der Waals surface area contributed by atoms with Crippen LogP contribution in [-0.2, 0) is 19.5 Å². The monoisotopic (exact) mass is 593 g/mol. The van der Waals surface area contributed by atoms with Crippen LogP contribution in [0.5, 0.6) is 5.75 Å². The van der Waals surface area contributed by atoms with Gasteiger partial charge in [-0.05, 0) is 76.2 Å². The third-order valence-corrected chi connectivity index (χ3v) is 8.58. The van der Waals surface area contributed by atoms with Gasteiger partial charge in [-0.15, -0.1) is 13.2 Å². The van der Waals surface area contributed by atoms with Crippen LogP contribution in [0.1, 0.15) is 37.6 Å². The number of halogens is 1. The first-order valence-corrected chi connectivity index (χ1v) is 15.3. The lowest BCUT2D eigenvalue weighted by Crippen LogP contribution is -2.47. The average Bonchev–Trinajstić information content (AvgIpc) is 2.98. The first-order chi connectivity index (χ1) is 19.7. The summed E-state index contributed by atoms with van der Waals surface area (Å²) in [6, 6.07) is 11.0. The van der Waals surface area contributed by atoms with Gasteiger partial charge in [0, 0.05) is 57.2 Å². The average molecular weight is 594 g/mol. The number of carbonyl (C=O) groups excluding carboxylic acids is 1. The van der Waals surface area contributed by atoms with E-state index in [4.69, 9.17) is 14.2 Å². The number of rotatable bonds is 10. The number of hydrogen-bond acceptors (Lipinski definition) is 8. The summed E-state index contributed by atoms with van der Waals surface area (Å²) >= 11 is 0. The molecule has 0 aliphatic carbocycles. The number of Topliss-reactive ketones (excluding diaryl/α,β-unsaturated/α-hetero) is 1. The number of piperazine rings is 1. The van der Waals surface area contributed by atoms with Crippen molar-refractivity contribution in [1.29, 1.82) is 0 Å². The van der Waals surface area contributed by atoms with Crippen molar-refractivity contribution in [2.24, 2.45) is 0 Å². The molecular formula is C30H44FN3O6S. The van der Waals surface area contributed by atoms with Crippen LogP contribution in [0, 0.1) is 5.82 Å². The number of nitrogens with zero attached hydrogens (tertiary/aromatic N) is 3. The second-order valence-corrected chi connectivity index (χ2v) is 11.2. The first-order valence-electron chi connectivity index (χ1n) is 13.9. The van der Waals surface area contributed by atoms with E-state index < -0.39 is 10.0 Å².